The maximum atomic E-state index is 9.68. The van der Waals surface area contributed by atoms with Crippen molar-refractivity contribution >= 4 is 0 Å². The topological polar surface area (TPSA) is 65.3 Å². The summed E-state index contributed by atoms with van der Waals surface area (Å²) >= 11 is 0. The molecule has 102 valence electrons. The van der Waals surface area contributed by atoms with Crippen molar-refractivity contribution in [2.24, 2.45) is 0 Å². The number of ether oxygens (including phenoxy) is 1. The second kappa shape index (κ2) is 6.60. The van der Waals surface area contributed by atoms with Crippen LogP contribution in [0.4, 0.5) is 0 Å². The molecule has 0 amide bonds. The van der Waals surface area contributed by atoms with Crippen molar-refractivity contribution in [2.45, 2.75) is 13.1 Å². The molecular formula is C16H16N2O2. The molecule has 0 aliphatic heterocycles. The number of aromatic hydroxyl groups is 1. The van der Waals surface area contributed by atoms with Gasteiger partial charge in [-0.3, -0.25) is 0 Å². The first-order valence-corrected chi connectivity index (χ1v) is 6.29. The maximum Gasteiger partial charge on any atom is 0.123 e. The number of nitrogens with zero attached hydrogens (tertiary/aromatic N) is 1. The predicted molar refractivity (Wildman–Crippen MR) is 76.4 cm³/mol. The first-order chi connectivity index (χ1) is 9.74. The van der Waals surface area contributed by atoms with Gasteiger partial charge in [0.2, 0.25) is 0 Å². The molecule has 0 bridgehead atoms. The average molecular weight is 268 g/mol. The summed E-state index contributed by atoms with van der Waals surface area (Å²) in [5.74, 6) is 1.02. The molecule has 0 saturated heterocycles. The van der Waals surface area contributed by atoms with Crippen LogP contribution >= 0.6 is 0 Å². The molecule has 0 radical (unpaired) electrons. The Hall–Kier alpha value is -2.51. The highest BCUT2D eigenvalue weighted by atomic mass is 16.5. The number of rotatable bonds is 5. The molecule has 2 aromatic carbocycles. The van der Waals surface area contributed by atoms with Crippen LogP contribution in [0.15, 0.2) is 42.5 Å². The highest BCUT2D eigenvalue weighted by Gasteiger charge is 2.05. The Bertz CT molecular complexity index is 633. The maximum absolute atomic E-state index is 9.68. The molecule has 0 saturated carbocycles. The van der Waals surface area contributed by atoms with Gasteiger partial charge in [-0.15, -0.1) is 0 Å². The number of para-hydroxylation sites is 1. The normalized spacial score (nSPS) is 10.0. The number of phenols is 1. The average Bonchev–Trinajstić information content (AvgIpc) is 2.49. The summed E-state index contributed by atoms with van der Waals surface area (Å²) in [4.78, 5) is 0. The van der Waals surface area contributed by atoms with E-state index in [4.69, 9.17) is 10.00 Å². The van der Waals surface area contributed by atoms with Crippen LogP contribution in [0, 0.1) is 11.3 Å². The molecule has 4 heteroatoms. The van der Waals surface area contributed by atoms with Crippen molar-refractivity contribution in [3.05, 3.63) is 59.2 Å². The van der Waals surface area contributed by atoms with E-state index in [0.717, 1.165) is 16.9 Å². The Morgan fingerprint density at radius 2 is 1.90 bits per heavy atom. The molecule has 0 aliphatic carbocycles. The SMILES string of the molecule is COc1ccc(C#N)cc1CNCc1ccccc1O. The zero-order valence-electron chi connectivity index (χ0n) is 11.3. The van der Waals surface area contributed by atoms with Gasteiger partial charge in [-0.25, -0.2) is 0 Å². The second-order valence-corrected chi connectivity index (χ2v) is 4.37. The van der Waals surface area contributed by atoms with Crippen LogP contribution in [-0.4, -0.2) is 12.2 Å². The van der Waals surface area contributed by atoms with Crippen LogP contribution < -0.4 is 10.1 Å². The van der Waals surface area contributed by atoms with Gasteiger partial charge < -0.3 is 15.2 Å². The van der Waals surface area contributed by atoms with E-state index in [0.29, 0.717) is 18.7 Å². The monoisotopic (exact) mass is 268 g/mol. The molecular weight excluding hydrogens is 252 g/mol. The molecule has 2 rings (SSSR count). The fourth-order valence-electron chi connectivity index (χ4n) is 1.98. The molecule has 2 N–H and O–H groups in total. The minimum absolute atomic E-state index is 0.276. The smallest absolute Gasteiger partial charge is 0.123 e. The van der Waals surface area contributed by atoms with Crippen LogP contribution in [0.1, 0.15) is 16.7 Å². The van der Waals surface area contributed by atoms with E-state index in [-0.39, 0.29) is 5.75 Å². The zero-order chi connectivity index (χ0) is 14.4. The molecule has 0 aromatic heterocycles. The molecule has 0 spiro atoms. The second-order valence-electron chi connectivity index (χ2n) is 4.37. The van der Waals surface area contributed by atoms with Crippen LogP contribution in [0.5, 0.6) is 11.5 Å². The van der Waals surface area contributed by atoms with Crippen LogP contribution in [-0.2, 0) is 13.1 Å². The lowest BCUT2D eigenvalue weighted by Crippen LogP contribution is -2.13. The fourth-order valence-corrected chi connectivity index (χ4v) is 1.98. The number of benzene rings is 2. The third-order valence-electron chi connectivity index (χ3n) is 3.03. The minimum Gasteiger partial charge on any atom is -0.508 e. The summed E-state index contributed by atoms with van der Waals surface area (Å²) in [6.45, 7) is 1.11. The Labute approximate surface area is 118 Å². The van der Waals surface area contributed by atoms with E-state index in [1.807, 2.05) is 12.1 Å². The van der Waals surface area contributed by atoms with Crippen LogP contribution in [0.25, 0.3) is 0 Å². The van der Waals surface area contributed by atoms with E-state index in [2.05, 4.69) is 11.4 Å². The van der Waals surface area contributed by atoms with Crippen molar-refractivity contribution < 1.29 is 9.84 Å². The lowest BCUT2D eigenvalue weighted by molar-refractivity contribution is 0.407. The van der Waals surface area contributed by atoms with E-state index in [1.165, 1.54) is 0 Å². The molecule has 0 aliphatic rings. The molecule has 20 heavy (non-hydrogen) atoms. The van der Waals surface area contributed by atoms with E-state index in [9.17, 15) is 5.11 Å². The first-order valence-electron chi connectivity index (χ1n) is 6.29. The van der Waals surface area contributed by atoms with Crippen molar-refractivity contribution in [1.82, 2.24) is 5.32 Å². The van der Waals surface area contributed by atoms with Gasteiger partial charge in [-0.2, -0.15) is 5.26 Å². The number of hydrogen-bond acceptors (Lipinski definition) is 4. The van der Waals surface area contributed by atoms with Gasteiger partial charge in [0.15, 0.2) is 0 Å². The molecule has 4 nitrogen and oxygen atoms in total. The number of nitrogens with one attached hydrogen (secondary N) is 1. The highest BCUT2D eigenvalue weighted by molar-refractivity contribution is 5.42. The summed E-state index contributed by atoms with van der Waals surface area (Å²) in [6.07, 6.45) is 0. The summed E-state index contributed by atoms with van der Waals surface area (Å²) in [5.41, 5.74) is 2.36. The van der Waals surface area contributed by atoms with Crippen molar-refractivity contribution in [3.63, 3.8) is 0 Å². The third-order valence-corrected chi connectivity index (χ3v) is 3.03. The first kappa shape index (κ1) is 13.9. The van der Waals surface area contributed by atoms with Gasteiger partial charge in [-0.05, 0) is 24.3 Å². The lowest BCUT2D eigenvalue weighted by atomic mass is 10.1. The van der Waals surface area contributed by atoms with Crippen molar-refractivity contribution in [2.75, 3.05) is 7.11 Å². The summed E-state index contributed by atoms with van der Waals surface area (Å²) < 4.78 is 5.27. The lowest BCUT2D eigenvalue weighted by Gasteiger charge is -2.10. The summed E-state index contributed by atoms with van der Waals surface area (Å²) in [5, 5.41) is 21.8. The largest absolute Gasteiger partial charge is 0.508 e. The summed E-state index contributed by atoms with van der Waals surface area (Å²) in [6, 6.07) is 14.6. The van der Waals surface area contributed by atoms with E-state index < -0.39 is 0 Å². The third kappa shape index (κ3) is 3.28. The van der Waals surface area contributed by atoms with Crippen LogP contribution in [0.3, 0.4) is 0 Å². The number of phenolic OH excluding ortho intramolecular Hbond substituents is 1. The number of methoxy groups -OCH3 is 1. The Morgan fingerprint density at radius 3 is 2.60 bits per heavy atom. The number of nitriles is 1. The van der Waals surface area contributed by atoms with Gasteiger partial charge >= 0.3 is 0 Å². The Morgan fingerprint density at radius 1 is 1.15 bits per heavy atom. The molecule has 0 fully saturated rings. The minimum atomic E-state index is 0.276. The highest BCUT2D eigenvalue weighted by Crippen LogP contribution is 2.20. The fraction of sp³-hybridized carbons (Fsp3) is 0.188. The van der Waals surface area contributed by atoms with Crippen LogP contribution in [0.2, 0.25) is 0 Å². The number of hydrogen-bond donors (Lipinski definition) is 2. The Kier molecular flexibility index (Phi) is 4.59. The zero-order valence-corrected chi connectivity index (χ0v) is 11.3. The van der Waals surface area contributed by atoms with Crippen molar-refractivity contribution in [3.8, 4) is 17.6 Å². The standard InChI is InChI=1S/C16H16N2O2/c1-20-16-7-6-12(9-17)8-14(16)11-18-10-13-4-2-3-5-15(13)19/h2-8,18-19H,10-11H2,1H3. The van der Waals surface area contributed by atoms with Gasteiger partial charge in [0.05, 0.1) is 18.7 Å². The molecule has 0 unspecified atom stereocenters. The van der Waals surface area contributed by atoms with E-state index in [1.54, 1.807) is 37.4 Å². The van der Waals surface area contributed by atoms with Gasteiger partial charge in [0, 0.05) is 24.2 Å². The van der Waals surface area contributed by atoms with Crippen molar-refractivity contribution in [1.29, 1.82) is 5.26 Å². The van der Waals surface area contributed by atoms with Gasteiger partial charge in [0.1, 0.15) is 11.5 Å². The van der Waals surface area contributed by atoms with E-state index >= 15 is 0 Å². The Balaban J connectivity index is 2.04. The summed E-state index contributed by atoms with van der Waals surface area (Å²) in [7, 11) is 1.61. The van der Waals surface area contributed by atoms with Gasteiger partial charge in [0.25, 0.3) is 0 Å². The molecule has 2 aromatic rings. The van der Waals surface area contributed by atoms with Gasteiger partial charge in [-0.1, -0.05) is 18.2 Å². The molecule has 0 atom stereocenters. The predicted octanol–water partition coefficient (Wildman–Crippen LogP) is 2.56. The quantitative estimate of drug-likeness (QED) is 0.874. The molecule has 0 heterocycles.